The van der Waals surface area contributed by atoms with Crippen molar-refractivity contribution in [3.05, 3.63) is 270 Å². The summed E-state index contributed by atoms with van der Waals surface area (Å²) in [7, 11) is 0. The number of para-hydroxylation sites is 3. The van der Waals surface area contributed by atoms with Crippen LogP contribution in [0.25, 0.3) is 150 Å². The van der Waals surface area contributed by atoms with Crippen LogP contribution in [0, 0.1) is 11.3 Å². The van der Waals surface area contributed by atoms with Gasteiger partial charge in [0.1, 0.15) is 0 Å². The SMILES string of the molecule is CC(C)(C)c1cc(-c2cc3c4c(c2)c2ccccc2n4-c2cc(-c4ccc5c(c4)c4ccccc4n5-c4ccc(C#N)cc4-c4nc(-c5ccccc5)nc(-c5ccccc5)n4)cc4c2B3c2cc(-c3cc(C(C)(C)C)cc(C(C)(C)C)c3)cc3c5ccccc5n-4c23)cc(C(C)(C)C)c1. The summed E-state index contributed by atoms with van der Waals surface area (Å²) in [4.78, 5) is 15.5. The maximum absolute atomic E-state index is 10.6. The Morgan fingerprint density at radius 1 is 0.300 bits per heavy atom. The van der Waals surface area contributed by atoms with E-state index in [0.29, 0.717) is 23.0 Å². The Morgan fingerprint density at radius 3 is 1.13 bits per heavy atom. The van der Waals surface area contributed by atoms with E-state index in [-0.39, 0.29) is 28.4 Å². The van der Waals surface area contributed by atoms with E-state index in [9.17, 15) is 5.26 Å². The van der Waals surface area contributed by atoms with Gasteiger partial charge in [-0.25, -0.2) is 15.0 Å². The summed E-state index contributed by atoms with van der Waals surface area (Å²) in [6.07, 6.45) is 0. The smallest absolute Gasteiger partial charge is 0.252 e. The molecule has 6 heterocycles. The van der Waals surface area contributed by atoms with Crippen LogP contribution in [0.4, 0.5) is 0 Å². The lowest BCUT2D eigenvalue weighted by Crippen LogP contribution is -2.59. The molecule has 0 saturated heterocycles. The minimum absolute atomic E-state index is 0.0660. The minimum Gasteiger partial charge on any atom is -0.310 e. The van der Waals surface area contributed by atoms with E-state index in [1.54, 1.807) is 0 Å². The van der Waals surface area contributed by atoms with Crippen LogP contribution < -0.4 is 16.4 Å². The zero-order valence-electron chi connectivity index (χ0n) is 58.8. The van der Waals surface area contributed by atoms with Crippen molar-refractivity contribution >= 4 is 88.5 Å². The number of hydrogen-bond acceptors (Lipinski definition) is 4. The van der Waals surface area contributed by atoms with Crippen molar-refractivity contribution in [2.24, 2.45) is 0 Å². The number of benzene rings is 12. The molecule has 0 spiro atoms. The normalized spacial score (nSPS) is 13.0. The highest BCUT2D eigenvalue weighted by Gasteiger charge is 2.42. The van der Waals surface area contributed by atoms with Crippen LogP contribution in [0.5, 0.6) is 0 Å². The van der Waals surface area contributed by atoms with Gasteiger partial charge < -0.3 is 13.7 Å². The third-order valence-electron chi connectivity index (χ3n) is 21.4. The molecule has 0 unspecified atom stereocenters. The molecule has 0 fully saturated rings. The number of aromatic nitrogens is 6. The summed E-state index contributed by atoms with van der Waals surface area (Å²) < 4.78 is 7.58. The molecule has 0 atom stereocenters. The molecule has 8 heteroatoms. The van der Waals surface area contributed by atoms with Gasteiger partial charge >= 0.3 is 0 Å². The van der Waals surface area contributed by atoms with E-state index in [1.165, 1.54) is 116 Å². The standard InChI is InChI=1S/C92H76BN7/c1-89(2,3)63-40-58(41-64(51-63)90(4,5)6)60-45-71-68-30-20-23-33-77(68)99-81-49-62(50-82-83(81)93(74(47-60)84(71)99)75-48-61(46-72-69-31-21-24-34-78(69)100(82)85(72)75)59-42-65(91(7,8)9)52-66(43-59)92(10,11)12)57-36-38-79-70(44-57)67-29-19-22-32-76(67)98(79)80-37-35-54(53-94)39-73(80)88-96-86(55-25-15-13-16-26-55)95-87(97-88)56-27-17-14-18-28-56/h13-52H,1-12H3. The molecule has 482 valence electrons. The van der Waals surface area contributed by atoms with Gasteiger partial charge in [-0.2, -0.15) is 5.26 Å². The molecule has 2 aliphatic rings. The van der Waals surface area contributed by atoms with Crippen LogP contribution in [0.3, 0.4) is 0 Å². The quantitative estimate of drug-likeness (QED) is 0.149. The molecule has 2 aliphatic heterocycles. The van der Waals surface area contributed by atoms with E-state index >= 15 is 0 Å². The van der Waals surface area contributed by atoms with Gasteiger partial charge in [-0.05, 0) is 166 Å². The van der Waals surface area contributed by atoms with Crippen molar-refractivity contribution in [2.45, 2.75) is 105 Å². The molecule has 0 bridgehead atoms. The fourth-order valence-electron chi connectivity index (χ4n) is 16.1. The molecule has 100 heavy (non-hydrogen) atoms. The second kappa shape index (κ2) is 21.8. The Kier molecular flexibility index (Phi) is 13.3. The topological polar surface area (TPSA) is 77.2 Å². The molecule has 0 N–H and O–H groups in total. The first kappa shape index (κ1) is 61.0. The van der Waals surface area contributed by atoms with Crippen molar-refractivity contribution in [2.75, 3.05) is 0 Å². The third kappa shape index (κ3) is 9.56. The molecule has 7 nitrogen and oxygen atoms in total. The highest BCUT2D eigenvalue weighted by atomic mass is 15.1. The molecule has 0 saturated carbocycles. The highest BCUT2D eigenvalue weighted by Crippen LogP contribution is 2.47. The largest absolute Gasteiger partial charge is 0.310 e. The zero-order valence-corrected chi connectivity index (χ0v) is 58.8. The van der Waals surface area contributed by atoms with Crippen molar-refractivity contribution in [3.63, 3.8) is 0 Å². The van der Waals surface area contributed by atoms with Crippen LogP contribution in [-0.4, -0.2) is 35.4 Å². The van der Waals surface area contributed by atoms with Gasteiger partial charge in [-0.3, -0.25) is 0 Å². The van der Waals surface area contributed by atoms with E-state index in [1.807, 2.05) is 72.8 Å². The van der Waals surface area contributed by atoms with E-state index in [2.05, 4.69) is 273 Å². The molecule has 18 rings (SSSR count). The van der Waals surface area contributed by atoms with Crippen LogP contribution in [-0.2, 0) is 21.7 Å². The molecular weight excluding hydrogens is 1210 g/mol. The number of nitriles is 1. The van der Waals surface area contributed by atoms with Crippen LogP contribution >= 0.6 is 0 Å². The second-order valence-corrected chi connectivity index (χ2v) is 32.1. The fourth-order valence-corrected chi connectivity index (χ4v) is 16.1. The monoisotopic (exact) mass is 1290 g/mol. The minimum atomic E-state index is -0.141. The van der Waals surface area contributed by atoms with E-state index < -0.39 is 0 Å². The zero-order chi connectivity index (χ0) is 68.6. The van der Waals surface area contributed by atoms with Crippen molar-refractivity contribution in [1.29, 1.82) is 5.26 Å². The summed E-state index contributed by atoms with van der Waals surface area (Å²) in [5, 5.41) is 17.8. The van der Waals surface area contributed by atoms with Crippen molar-refractivity contribution in [1.82, 2.24) is 28.7 Å². The lowest BCUT2D eigenvalue weighted by molar-refractivity contribution is 0.568. The number of nitrogens with zero attached hydrogens (tertiary/aromatic N) is 7. The lowest BCUT2D eigenvalue weighted by atomic mass is 9.34. The van der Waals surface area contributed by atoms with E-state index in [0.717, 1.165) is 55.3 Å². The van der Waals surface area contributed by atoms with Crippen LogP contribution in [0.15, 0.2) is 243 Å². The predicted molar refractivity (Wildman–Crippen MR) is 420 cm³/mol. The van der Waals surface area contributed by atoms with Crippen molar-refractivity contribution in [3.8, 4) is 90.7 Å². The summed E-state index contributed by atoms with van der Waals surface area (Å²) in [5.41, 5.74) is 29.4. The van der Waals surface area contributed by atoms with Crippen LogP contribution in [0.2, 0.25) is 0 Å². The Balaban J connectivity index is 0.912. The van der Waals surface area contributed by atoms with Crippen molar-refractivity contribution < 1.29 is 0 Å². The molecule has 0 radical (unpaired) electrons. The first-order chi connectivity index (χ1) is 48.0. The Bertz CT molecular complexity index is 5860. The molecule has 4 aromatic heterocycles. The maximum atomic E-state index is 10.6. The summed E-state index contributed by atoms with van der Waals surface area (Å²) >= 11 is 0. The van der Waals surface area contributed by atoms with Crippen LogP contribution in [0.1, 0.15) is 111 Å². The number of hydrogen-bond donors (Lipinski definition) is 0. The summed E-state index contributed by atoms with van der Waals surface area (Å²) in [6.45, 7) is 28.0. The maximum Gasteiger partial charge on any atom is 0.252 e. The molecule has 0 aliphatic carbocycles. The van der Waals surface area contributed by atoms with Gasteiger partial charge in [-0.15, -0.1) is 0 Å². The number of fused-ring (bicyclic) bond motifs is 13. The molecular formula is C92H76BN7. The summed E-state index contributed by atoms with van der Waals surface area (Å²) in [6, 6.07) is 92.3. The Labute approximate surface area is 584 Å². The highest BCUT2D eigenvalue weighted by molar-refractivity contribution is 7.00. The number of rotatable bonds is 7. The Morgan fingerprint density at radius 2 is 0.680 bits per heavy atom. The lowest BCUT2D eigenvalue weighted by Gasteiger charge is -2.35. The first-order valence-electron chi connectivity index (χ1n) is 35.2. The van der Waals surface area contributed by atoms with Gasteiger partial charge in [0.2, 0.25) is 0 Å². The second-order valence-electron chi connectivity index (χ2n) is 32.1. The Hall–Kier alpha value is -11.4. The van der Waals surface area contributed by atoms with Gasteiger partial charge in [-0.1, -0.05) is 253 Å². The van der Waals surface area contributed by atoms with Gasteiger partial charge in [0.25, 0.3) is 6.71 Å². The molecule has 12 aromatic carbocycles. The molecule has 0 amide bonds. The predicted octanol–water partition coefficient (Wildman–Crippen LogP) is 21.4. The van der Waals surface area contributed by atoms with Gasteiger partial charge in [0.15, 0.2) is 17.5 Å². The third-order valence-corrected chi connectivity index (χ3v) is 21.4. The average Bonchev–Trinajstić information content (AvgIpc) is 1.45. The van der Waals surface area contributed by atoms with Gasteiger partial charge in [0.05, 0.1) is 39.4 Å². The first-order valence-corrected chi connectivity index (χ1v) is 35.2. The summed E-state index contributed by atoms with van der Waals surface area (Å²) in [5.74, 6) is 1.58. The average molecular weight is 1290 g/mol. The van der Waals surface area contributed by atoms with E-state index in [4.69, 9.17) is 15.0 Å². The van der Waals surface area contributed by atoms with Gasteiger partial charge in [0, 0.05) is 71.4 Å². The molecule has 16 aromatic rings. The fraction of sp³-hybridized carbons (Fsp3) is 0.174.